The van der Waals surface area contributed by atoms with Gasteiger partial charge in [-0.1, -0.05) is 23.7 Å². The Bertz CT molecular complexity index is 455. The summed E-state index contributed by atoms with van der Waals surface area (Å²) in [5, 5.41) is 7.09. The zero-order valence-corrected chi connectivity index (χ0v) is 12.3. The molecule has 1 saturated heterocycles. The molecule has 4 heteroatoms. The Kier molecular flexibility index (Phi) is 4.48. The molecular formula is C15H21ClN2O. The average Bonchev–Trinajstić information content (AvgIpc) is 2.39. The van der Waals surface area contributed by atoms with Gasteiger partial charge in [-0.3, -0.25) is 4.79 Å². The van der Waals surface area contributed by atoms with Crippen LogP contribution in [0.25, 0.3) is 0 Å². The van der Waals surface area contributed by atoms with Gasteiger partial charge in [0.1, 0.15) is 0 Å². The lowest BCUT2D eigenvalue weighted by Gasteiger charge is -2.33. The van der Waals surface area contributed by atoms with Crippen LogP contribution >= 0.6 is 11.6 Å². The number of carbonyl (C=O) groups is 1. The molecular weight excluding hydrogens is 260 g/mol. The molecule has 1 aromatic rings. The predicted octanol–water partition coefficient (Wildman–Crippen LogP) is 2.91. The van der Waals surface area contributed by atoms with Gasteiger partial charge in [0.25, 0.3) is 0 Å². The molecule has 0 bridgehead atoms. The number of halogens is 1. The minimum absolute atomic E-state index is 0.0232. The van der Waals surface area contributed by atoms with Gasteiger partial charge in [0.2, 0.25) is 5.91 Å². The number of hydrogen-bond acceptors (Lipinski definition) is 2. The Hall–Kier alpha value is -1.06. The number of amides is 1. The second-order valence-electron chi connectivity index (χ2n) is 5.59. The van der Waals surface area contributed by atoms with Crippen molar-refractivity contribution in [1.82, 2.24) is 10.6 Å². The smallest absolute Gasteiger partial charge is 0.227 e. The molecule has 0 saturated carbocycles. The van der Waals surface area contributed by atoms with Gasteiger partial charge >= 0.3 is 0 Å². The molecule has 1 amide bonds. The molecule has 1 aliphatic rings. The molecule has 1 fully saturated rings. The number of piperidine rings is 1. The van der Waals surface area contributed by atoms with Gasteiger partial charge in [-0.2, -0.15) is 0 Å². The highest BCUT2D eigenvalue weighted by Gasteiger charge is 2.35. The predicted molar refractivity (Wildman–Crippen MR) is 78.2 cm³/mol. The molecule has 3 nitrogen and oxygen atoms in total. The largest absolute Gasteiger partial charge is 0.349 e. The molecule has 1 aliphatic heterocycles. The summed E-state index contributed by atoms with van der Waals surface area (Å²) < 4.78 is 0. The zero-order valence-electron chi connectivity index (χ0n) is 11.5. The van der Waals surface area contributed by atoms with Crippen LogP contribution in [0.5, 0.6) is 0 Å². The van der Waals surface area contributed by atoms with Crippen LogP contribution in [0, 0.1) is 5.41 Å². The standard InChI is InChI=1S/C15H21ClN2O/c1-11(12-5-3-6-13(16)9-12)18-14(19)15(2)7-4-8-17-10-15/h3,5-6,9,11,17H,4,7-8,10H2,1-2H3,(H,18,19)/t11-,15?/m0/s1. The fourth-order valence-electron chi connectivity index (χ4n) is 2.48. The van der Waals surface area contributed by atoms with Crippen LogP contribution in [0.4, 0.5) is 0 Å². The van der Waals surface area contributed by atoms with Gasteiger partial charge in [-0.25, -0.2) is 0 Å². The summed E-state index contributed by atoms with van der Waals surface area (Å²) in [6, 6.07) is 7.60. The van der Waals surface area contributed by atoms with E-state index >= 15 is 0 Å². The van der Waals surface area contributed by atoms with Crippen molar-refractivity contribution in [2.75, 3.05) is 13.1 Å². The van der Waals surface area contributed by atoms with E-state index in [2.05, 4.69) is 10.6 Å². The highest BCUT2D eigenvalue weighted by Crippen LogP contribution is 2.27. The van der Waals surface area contributed by atoms with Crippen LogP contribution in [0.1, 0.15) is 38.3 Å². The Labute approximate surface area is 119 Å². The molecule has 1 aromatic carbocycles. The van der Waals surface area contributed by atoms with E-state index in [0.717, 1.165) is 31.5 Å². The van der Waals surface area contributed by atoms with Crippen molar-refractivity contribution in [2.45, 2.75) is 32.7 Å². The van der Waals surface area contributed by atoms with Crippen molar-refractivity contribution in [3.8, 4) is 0 Å². The number of rotatable bonds is 3. The maximum absolute atomic E-state index is 12.4. The summed E-state index contributed by atoms with van der Waals surface area (Å²) in [6.45, 7) is 5.77. The Balaban J connectivity index is 2.02. The molecule has 1 unspecified atom stereocenters. The van der Waals surface area contributed by atoms with Crippen molar-refractivity contribution < 1.29 is 4.79 Å². The third-order valence-electron chi connectivity index (χ3n) is 3.84. The fourth-order valence-corrected chi connectivity index (χ4v) is 2.68. The van der Waals surface area contributed by atoms with Crippen LogP contribution in [-0.4, -0.2) is 19.0 Å². The van der Waals surface area contributed by atoms with Crippen molar-refractivity contribution >= 4 is 17.5 Å². The third kappa shape index (κ3) is 3.48. The van der Waals surface area contributed by atoms with Crippen molar-refractivity contribution in [2.24, 2.45) is 5.41 Å². The monoisotopic (exact) mass is 280 g/mol. The first kappa shape index (κ1) is 14.4. The molecule has 0 spiro atoms. The molecule has 104 valence electrons. The topological polar surface area (TPSA) is 41.1 Å². The molecule has 2 atom stereocenters. The first-order chi connectivity index (χ1) is 9.01. The van der Waals surface area contributed by atoms with E-state index in [1.165, 1.54) is 0 Å². The third-order valence-corrected chi connectivity index (χ3v) is 4.08. The quantitative estimate of drug-likeness (QED) is 0.894. The highest BCUT2D eigenvalue weighted by atomic mass is 35.5. The Morgan fingerprint density at radius 3 is 2.95 bits per heavy atom. The van der Waals surface area contributed by atoms with E-state index in [0.29, 0.717) is 5.02 Å². The SMILES string of the molecule is C[C@H](NC(=O)C1(C)CCCNC1)c1cccc(Cl)c1. The first-order valence-corrected chi connectivity index (χ1v) is 7.16. The van der Waals surface area contributed by atoms with E-state index in [1.54, 1.807) is 0 Å². The Morgan fingerprint density at radius 1 is 1.53 bits per heavy atom. The minimum atomic E-state index is -0.301. The van der Waals surface area contributed by atoms with Gasteiger partial charge in [0.15, 0.2) is 0 Å². The summed E-state index contributed by atoms with van der Waals surface area (Å²) in [5.74, 6) is 0.118. The maximum Gasteiger partial charge on any atom is 0.227 e. The molecule has 0 aromatic heterocycles. The number of carbonyl (C=O) groups excluding carboxylic acids is 1. The lowest BCUT2D eigenvalue weighted by Crippen LogP contribution is -2.49. The normalized spacial score (nSPS) is 24.8. The van der Waals surface area contributed by atoms with Crippen LogP contribution < -0.4 is 10.6 Å². The Morgan fingerprint density at radius 2 is 2.32 bits per heavy atom. The second kappa shape index (κ2) is 5.93. The van der Waals surface area contributed by atoms with Gasteiger partial charge in [0.05, 0.1) is 11.5 Å². The van der Waals surface area contributed by atoms with Gasteiger partial charge in [-0.15, -0.1) is 0 Å². The average molecular weight is 281 g/mol. The van der Waals surface area contributed by atoms with Gasteiger partial charge < -0.3 is 10.6 Å². The van der Waals surface area contributed by atoms with E-state index in [9.17, 15) is 4.79 Å². The van der Waals surface area contributed by atoms with E-state index in [1.807, 2.05) is 38.1 Å². The molecule has 19 heavy (non-hydrogen) atoms. The van der Waals surface area contributed by atoms with Crippen molar-refractivity contribution in [3.05, 3.63) is 34.9 Å². The number of nitrogens with one attached hydrogen (secondary N) is 2. The summed E-state index contributed by atoms with van der Waals surface area (Å²) in [7, 11) is 0. The van der Waals surface area contributed by atoms with Crippen molar-refractivity contribution in [3.63, 3.8) is 0 Å². The molecule has 0 radical (unpaired) electrons. The molecule has 2 rings (SSSR count). The van der Waals surface area contributed by atoms with Gasteiger partial charge in [-0.05, 0) is 50.9 Å². The number of benzene rings is 1. The highest BCUT2D eigenvalue weighted by molar-refractivity contribution is 6.30. The summed E-state index contributed by atoms with van der Waals surface area (Å²) >= 11 is 5.98. The zero-order chi connectivity index (χ0) is 13.9. The molecule has 1 heterocycles. The van der Waals surface area contributed by atoms with Crippen molar-refractivity contribution in [1.29, 1.82) is 0 Å². The molecule has 0 aliphatic carbocycles. The van der Waals surface area contributed by atoms with Crippen LogP contribution in [0.2, 0.25) is 5.02 Å². The number of hydrogen-bond donors (Lipinski definition) is 2. The second-order valence-corrected chi connectivity index (χ2v) is 6.03. The minimum Gasteiger partial charge on any atom is -0.349 e. The molecule has 2 N–H and O–H groups in total. The van der Waals surface area contributed by atoms with E-state index < -0.39 is 0 Å². The van der Waals surface area contributed by atoms with Gasteiger partial charge in [0, 0.05) is 11.6 Å². The lowest BCUT2D eigenvalue weighted by atomic mass is 9.81. The van der Waals surface area contributed by atoms with E-state index in [-0.39, 0.29) is 17.4 Å². The first-order valence-electron chi connectivity index (χ1n) is 6.78. The summed E-state index contributed by atoms with van der Waals surface area (Å²) in [6.07, 6.45) is 1.99. The maximum atomic E-state index is 12.4. The van der Waals surface area contributed by atoms with Crippen LogP contribution in [0.15, 0.2) is 24.3 Å². The van der Waals surface area contributed by atoms with Crippen LogP contribution in [0.3, 0.4) is 0 Å². The summed E-state index contributed by atoms with van der Waals surface area (Å²) in [5.41, 5.74) is 0.735. The van der Waals surface area contributed by atoms with E-state index in [4.69, 9.17) is 11.6 Å². The lowest BCUT2D eigenvalue weighted by molar-refractivity contribution is -0.131. The fraction of sp³-hybridized carbons (Fsp3) is 0.533. The summed E-state index contributed by atoms with van der Waals surface area (Å²) in [4.78, 5) is 12.4. The van der Waals surface area contributed by atoms with Crippen LogP contribution in [-0.2, 0) is 4.79 Å².